The molecule has 0 aromatic carbocycles. The van der Waals surface area contributed by atoms with Gasteiger partial charge in [0.15, 0.2) is 0 Å². The van der Waals surface area contributed by atoms with Crippen LogP contribution in [0.15, 0.2) is 30.1 Å². The van der Waals surface area contributed by atoms with Gasteiger partial charge in [-0.1, -0.05) is 0 Å². The molecule has 0 saturated carbocycles. The Labute approximate surface area is 104 Å². The molecular weight excluding hydrogens is 234 g/mol. The fourth-order valence-electron chi connectivity index (χ4n) is 1.62. The second kappa shape index (κ2) is 4.87. The van der Waals surface area contributed by atoms with E-state index in [2.05, 4.69) is 10.3 Å². The molecule has 1 N–H and O–H groups in total. The van der Waals surface area contributed by atoms with E-state index in [0.29, 0.717) is 11.6 Å². The zero-order chi connectivity index (χ0) is 13.1. The van der Waals surface area contributed by atoms with Gasteiger partial charge in [-0.3, -0.25) is 14.5 Å². The topological polar surface area (TPSA) is 71.5 Å². The smallest absolute Gasteiger partial charge is 0.255 e. The van der Waals surface area contributed by atoms with Crippen molar-refractivity contribution >= 4 is 17.5 Å². The first-order chi connectivity index (χ1) is 8.60. The lowest BCUT2D eigenvalue weighted by Gasteiger charge is -2.12. The predicted octanol–water partition coefficient (Wildman–Crippen LogP) is 0.775. The fraction of sp³-hybridized carbons (Fsp3) is 0.250. The Morgan fingerprint density at radius 3 is 2.78 bits per heavy atom. The number of methoxy groups -OCH3 is 1. The van der Waals surface area contributed by atoms with Crippen LogP contribution in [0.3, 0.4) is 0 Å². The molecule has 0 saturated heterocycles. The van der Waals surface area contributed by atoms with E-state index < -0.39 is 0 Å². The zero-order valence-corrected chi connectivity index (χ0v) is 10.1. The van der Waals surface area contributed by atoms with Crippen molar-refractivity contribution in [2.75, 3.05) is 19.0 Å². The van der Waals surface area contributed by atoms with Crippen LogP contribution in [0.4, 0.5) is 5.69 Å². The summed E-state index contributed by atoms with van der Waals surface area (Å²) >= 11 is 0. The Morgan fingerprint density at radius 2 is 2.28 bits per heavy atom. The lowest BCUT2D eigenvalue weighted by Crippen LogP contribution is -2.31. The number of hydrogen-bond acceptors (Lipinski definition) is 5. The van der Waals surface area contributed by atoms with E-state index in [4.69, 9.17) is 4.74 Å². The van der Waals surface area contributed by atoms with Crippen molar-refractivity contribution in [1.82, 2.24) is 9.88 Å². The predicted molar refractivity (Wildman–Crippen MR) is 64.9 cm³/mol. The van der Waals surface area contributed by atoms with E-state index in [1.54, 1.807) is 25.4 Å². The summed E-state index contributed by atoms with van der Waals surface area (Å²) in [4.78, 5) is 27.8. The molecule has 1 aliphatic heterocycles. The molecule has 0 aliphatic carbocycles. The molecule has 0 spiro atoms. The largest absolute Gasteiger partial charge is 0.481 e. The number of nitrogens with one attached hydrogen (secondary N) is 1. The molecule has 2 rings (SSSR count). The first-order valence-electron chi connectivity index (χ1n) is 5.40. The van der Waals surface area contributed by atoms with Gasteiger partial charge in [0.25, 0.3) is 5.91 Å². The summed E-state index contributed by atoms with van der Waals surface area (Å²) in [6, 6.07) is 3.50. The van der Waals surface area contributed by atoms with E-state index in [9.17, 15) is 9.59 Å². The summed E-state index contributed by atoms with van der Waals surface area (Å²) in [5.74, 6) is -0.0465. The average Bonchev–Trinajstić information content (AvgIpc) is 2.71. The molecule has 0 bridgehead atoms. The molecule has 0 unspecified atom stereocenters. The van der Waals surface area contributed by atoms with Crippen LogP contribution in [0.2, 0.25) is 0 Å². The van der Waals surface area contributed by atoms with Crippen molar-refractivity contribution in [3.63, 3.8) is 0 Å². The molecule has 0 radical (unpaired) electrons. The second-order valence-corrected chi connectivity index (χ2v) is 3.83. The number of carbonyl (C=O) groups is 2. The number of nitrogens with zero attached hydrogens (tertiary/aromatic N) is 2. The van der Waals surface area contributed by atoms with E-state index in [0.717, 1.165) is 5.69 Å². The van der Waals surface area contributed by atoms with Crippen molar-refractivity contribution in [3.05, 3.63) is 30.1 Å². The van der Waals surface area contributed by atoms with Crippen LogP contribution in [0.25, 0.3) is 0 Å². The first-order valence-corrected chi connectivity index (χ1v) is 5.40. The summed E-state index contributed by atoms with van der Waals surface area (Å²) in [5, 5.41) is 3.04. The van der Waals surface area contributed by atoms with Crippen LogP contribution in [0.5, 0.6) is 5.88 Å². The van der Waals surface area contributed by atoms with E-state index >= 15 is 0 Å². The standard InChI is InChI=1S/C12H13N3O3/c1-8(16)15-7-10(5-12(15)17)14-9-3-4-11(18-2)13-6-9/h3-6,14H,7H2,1-2H3. The van der Waals surface area contributed by atoms with Gasteiger partial charge in [-0.2, -0.15) is 0 Å². The van der Waals surface area contributed by atoms with Gasteiger partial charge >= 0.3 is 0 Å². The van der Waals surface area contributed by atoms with Gasteiger partial charge < -0.3 is 10.1 Å². The fourth-order valence-corrected chi connectivity index (χ4v) is 1.62. The van der Waals surface area contributed by atoms with E-state index in [1.807, 2.05) is 0 Å². The number of carbonyl (C=O) groups excluding carboxylic acids is 2. The average molecular weight is 247 g/mol. The Balaban J connectivity index is 2.04. The van der Waals surface area contributed by atoms with Crippen molar-refractivity contribution < 1.29 is 14.3 Å². The molecule has 0 fully saturated rings. The van der Waals surface area contributed by atoms with Crippen molar-refractivity contribution in [2.45, 2.75) is 6.92 Å². The highest BCUT2D eigenvalue weighted by Crippen LogP contribution is 2.16. The molecule has 2 heterocycles. The normalized spacial score (nSPS) is 14.4. The second-order valence-electron chi connectivity index (χ2n) is 3.83. The molecule has 0 atom stereocenters. The zero-order valence-electron chi connectivity index (χ0n) is 10.1. The highest BCUT2D eigenvalue weighted by molar-refractivity contribution is 6.03. The van der Waals surface area contributed by atoms with Crippen LogP contribution < -0.4 is 10.1 Å². The maximum atomic E-state index is 11.5. The lowest BCUT2D eigenvalue weighted by atomic mass is 10.3. The monoisotopic (exact) mass is 247 g/mol. The van der Waals surface area contributed by atoms with Crippen LogP contribution >= 0.6 is 0 Å². The number of amides is 2. The Morgan fingerprint density at radius 1 is 1.50 bits per heavy atom. The Bertz CT molecular complexity index is 508. The summed E-state index contributed by atoms with van der Waals surface area (Å²) in [7, 11) is 1.54. The van der Waals surface area contributed by atoms with Gasteiger partial charge in [0.1, 0.15) is 0 Å². The molecule has 1 aromatic rings. The first kappa shape index (κ1) is 12.1. The minimum absolute atomic E-state index is 0.263. The summed E-state index contributed by atoms with van der Waals surface area (Å²) < 4.78 is 4.94. The number of rotatable bonds is 3. The molecule has 2 amide bonds. The minimum Gasteiger partial charge on any atom is -0.481 e. The molecule has 6 heteroatoms. The molecule has 6 nitrogen and oxygen atoms in total. The summed E-state index contributed by atoms with van der Waals surface area (Å²) in [5.41, 5.74) is 1.41. The van der Waals surface area contributed by atoms with Gasteiger partial charge in [-0.25, -0.2) is 4.98 Å². The van der Waals surface area contributed by atoms with Gasteiger partial charge in [0, 0.05) is 24.8 Å². The van der Waals surface area contributed by atoms with Gasteiger partial charge in [-0.15, -0.1) is 0 Å². The highest BCUT2D eigenvalue weighted by Gasteiger charge is 2.24. The van der Waals surface area contributed by atoms with Crippen molar-refractivity contribution in [3.8, 4) is 5.88 Å². The Hall–Kier alpha value is -2.37. The lowest BCUT2D eigenvalue weighted by molar-refractivity contribution is -0.138. The molecule has 1 aliphatic rings. The summed E-state index contributed by atoms with van der Waals surface area (Å²) in [6.45, 7) is 1.63. The molecular formula is C12H13N3O3. The quantitative estimate of drug-likeness (QED) is 0.854. The maximum Gasteiger partial charge on any atom is 0.255 e. The van der Waals surface area contributed by atoms with Gasteiger partial charge in [0.2, 0.25) is 11.8 Å². The minimum atomic E-state index is -0.300. The number of hydrogen-bond donors (Lipinski definition) is 1. The highest BCUT2D eigenvalue weighted by atomic mass is 16.5. The third-order valence-corrected chi connectivity index (χ3v) is 2.52. The molecule has 18 heavy (non-hydrogen) atoms. The van der Waals surface area contributed by atoms with Crippen LogP contribution in [0, 0.1) is 0 Å². The third-order valence-electron chi connectivity index (χ3n) is 2.52. The molecule has 94 valence electrons. The maximum absolute atomic E-state index is 11.5. The van der Waals surface area contributed by atoms with Crippen molar-refractivity contribution in [1.29, 1.82) is 0 Å². The van der Waals surface area contributed by atoms with Gasteiger partial charge in [0.05, 0.1) is 25.5 Å². The van der Waals surface area contributed by atoms with Crippen molar-refractivity contribution in [2.24, 2.45) is 0 Å². The van der Waals surface area contributed by atoms with Crippen LogP contribution in [0.1, 0.15) is 6.92 Å². The number of pyridine rings is 1. The molecule has 1 aromatic heterocycles. The van der Waals surface area contributed by atoms with Crippen LogP contribution in [-0.4, -0.2) is 35.4 Å². The summed E-state index contributed by atoms with van der Waals surface area (Å²) in [6.07, 6.45) is 3.01. The number of imide groups is 1. The third kappa shape index (κ3) is 2.48. The Kier molecular flexibility index (Phi) is 3.27. The number of anilines is 1. The SMILES string of the molecule is COc1ccc(NC2=CC(=O)N(C(C)=O)C2)cn1. The number of ether oxygens (including phenoxy) is 1. The number of aromatic nitrogens is 1. The van der Waals surface area contributed by atoms with E-state index in [-0.39, 0.29) is 18.4 Å². The van der Waals surface area contributed by atoms with Gasteiger partial charge in [-0.05, 0) is 6.07 Å². The van der Waals surface area contributed by atoms with Crippen LogP contribution in [-0.2, 0) is 9.59 Å². The van der Waals surface area contributed by atoms with E-state index in [1.165, 1.54) is 17.9 Å².